The van der Waals surface area contributed by atoms with Crippen molar-refractivity contribution >= 4 is 38.8 Å². The topological polar surface area (TPSA) is 81.7 Å². The third kappa shape index (κ3) is 7.59. The molecule has 0 radical (unpaired) electrons. The van der Waals surface area contributed by atoms with Gasteiger partial charge in [-0.05, 0) is 47.2 Å². The molecular weight excluding hydrogens is 658 g/mol. The van der Waals surface area contributed by atoms with Crippen molar-refractivity contribution in [2.75, 3.05) is 27.4 Å². The molecule has 2 heterocycles. The molecule has 1 fully saturated rings. The van der Waals surface area contributed by atoms with Crippen LogP contribution in [0.25, 0.3) is 33.1 Å². The van der Waals surface area contributed by atoms with Crippen LogP contribution in [0.15, 0.2) is 81.2 Å². The zero-order valence-electron chi connectivity index (χ0n) is 30.0. The van der Waals surface area contributed by atoms with Gasteiger partial charge in [0.1, 0.15) is 34.2 Å². The van der Waals surface area contributed by atoms with Gasteiger partial charge in [0.15, 0.2) is 0 Å². The summed E-state index contributed by atoms with van der Waals surface area (Å²) in [6, 6.07) is 23.8. The van der Waals surface area contributed by atoms with Gasteiger partial charge >= 0.3 is 16.8 Å². The van der Waals surface area contributed by atoms with E-state index in [4.69, 9.17) is 36.0 Å². The summed E-state index contributed by atoms with van der Waals surface area (Å²) in [6.45, 7) is 18.1. The van der Waals surface area contributed by atoms with E-state index in [0.717, 1.165) is 33.0 Å². The van der Waals surface area contributed by atoms with Crippen molar-refractivity contribution in [1.82, 2.24) is 0 Å². The molecule has 0 saturated carbocycles. The molecule has 1 aromatic heterocycles. The lowest BCUT2D eigenvalue weighted by Gasteiger charge is -2.34. The van der Waals surface area contributed by atoms with Gasteiger partial charge in [-0.15, -0.1) is 0 Å². The molecule has 0 atom stereocenters. The first kappa shape index (κ1) is 35.2. The van der Waals surface area contributed by atoms with Gasteiger partial charge in [0, 0.05) is 38.4 Å². The smallest absolute Gasteiger partial charge is 0.453 e. The summed E-state index contributed by atoms with van der Waals surface area (Å²) in [4.78, 5) is 0. The molecule has 1 aliphatic rings. The molecule has 0 N–H and O–H groups in total. The molecule has 0 unspecified atom stereocenters. The Bertz CT molecular complexity index is 1950. The predicted octanol–water partition coefficient (Wildman–Crippen LogP) is 12.1. The number of ether oxygens (including phenoxy) is 2. The molecule has 6 rings (SSSR count). The van der Waals surface area contributed by atoms with E-state index in [0.29, 0.717) is 47.4 Å². The van der Waals surface area contributed by atoms with Crippen LogP contribution in [0.3, 0.4) is 0 Å². The average Bonchev–Trinajstić information content (AvgIpc) is 3.21. The molecule has 5 aromatic rings. The summed E-state index contributed by atoms with van der Waals surface area (Å²) in [7, 11) is -0.312. The molecule has 49 heavy (non-hydrogen) atoms. The number of para-hydroxylation sites is 2. The van der Waals surface area contributed by atoms with Crippen LogP contribution in [0.1, 0.15) is 66.5 Å². The number of fused-ring (bicyclic) bond motifs is 3. The minimum absolute atomic E-state index is 0.106. The summed E-state index contributed by atoms with van der Waals surface area (Å²) in [5.74, 6) is 2.56. The Morgan fingerprint density at radius 2 is 1.04 bits per heavy atom. The van der Waals surface area contributed by atoms with E-state index in [2.05, 4.69) is 55.4 Å². The van der Waals surface area contributed by atoms with Crippen LogP contribution in [0.5, 0.6) is 23.0 Å². The number of methoxy groups -OCH3 is 2. The van der Waals surface area contributed by atoms with Crippen LogP contribution in [0.4, 0.5) is 0 Å². The van der Waals surface area contributed by atoms with Crippen LogP contribution in [0.2, 0.25) is 0 Å². The number of hydrogen-bond donors (Lipinski definition) is 0. The highest BCUT2D eigenvalue weighted by Crippen LogP contribution is 2.55. The Hall–Kier alpha value is -3.67. The molecular formula is C39H46O8P2. The Morgan fingerprint density at radius 1 is 0.612 bits per heavy atom. The second-order valence-electron chi connectivity index (χ2n) is 15.1. The van der Waals surface area contributed by atoms with E-state index in [1.165, 1.54) is 0 Å². The van der Waals surface area contributed by atoms with Gasteiger partial charge in [-0.1, -0.05) is 91.8 Å². The van der Waals surface area contributed by atoms with Gasteiger partial charge in [-0.3, -0.25) is 0 Å². The quantitative estimate of drug-likeness (QED) is 0.155. The third-order valence-corrected chi connectivity index (χ3v) is 10.4. The fraction of sp³-hybridized carbons (Fsp3) is 0.385. The largest absolute Gasteiger partial charge is 0.497 e. The van der Waals surface area contributed by atoms with Crippen LogP contribution in [-0.2, 0) is 19.9 Å². The summed E-state index contributed by atoms with van der Waals surface area (Å²) >= 11 is 0. The van der Waals surface area contributed by atoms with Crippen LogP contribution in [0, 0.1) is 5.41 Å². The lowest BCUT2D eigenvalue weighted by atomic mass is 9.81. The SMILES string of the molecule is COc1cc(-c2cc(OC)cc(C(C)(C)C)c2Op2oc3ccccc3c3ccccc3o2)c(OP2OCC(C)(C)CO2)c(C(C)(C)C)c1. The fourth-order valence-electron chi connectivity index (χ4n) is 5.64. The Kier molecular flexibility index (Phi) is 9.74. The first-order valence-corrected chi connectivity index (χ1v) is 18.6. The summed E-state index contributed by atoms with van der Waals surface area (Å²) in [6.07, 6.45) is 0. The Balaban J connectivity index is 1.64. The van der Waals surface area contributed by atoms with E-state index in [9.17, 15) is 0 Å². The van der Waals surface area contributed by atoms with E-state index < -0.39 is 16.8 Å². The zero-order valence-corrected chi connectivity index (χ0v) is 31.8. The van der Waals surface area contributed by atoms with Crippen molar-refractivity contribution < 1.29 is 36.0 Å². The molecule has 260 valence electrons. The molecule has 10 heteroatoms. The maximum atomic E-state index is 6.97. The molecule has 0 amide bonds. The molecule has 1 aliphatic heterocycles. The second-order valence-corrected chi connectivity index (χ2v) is 17.3. The lowest BCUT2D eigenvalue weighted by Crippen LogP contribution is -2.29. The standard InChI is InChI=1S/C39H46O8P2/c1-37(2,3)31-21-25(40-9)19-29(35(31)46-48-42-23-39(7,8)24-43-48)30-20-26(41-10)22-32(38(4,5)6)36(30)47-49-44-33-17-13-11-15-27(33)28-16-12-14-18-34(28)45-49/h11-22H,23-24H2,1-10H3. The molecule has 4 aromatic carbocycles. The maximum absolute atomic E-state index is 6.97. The van der Waals surface area contributed by atoms with Crippen molar-refractivity contribution in [3.05, 3.63) is 83.9 Å². The van der Waals surface area contributed by atoms with Crippen molar-refractivity contribution in [3.63, 3.8) is 0 Å². The normalized spacial score (nSPS) is 15.3. The van der Waals surface area contributed by atoms with E-state index in [1.807, 2.05) is 72.8 Å². The van der Waals surface area contributed by atoms with Gasteiger partial charge in [0.2, 0.25) is 0 Å². The van der Waals surface area contributed by atoms with Crippen molar-refractivity contribution in [2.45, 2.75) is 66.2 Å². The molecule has 1 saturated heterocycles. The van der Waals surface area contributed by atoms with Gasteiger partial charge in [-0.25, -0.2) is 0 Å². The van der Waals surface area contributed by atoms with E-state index >= 15 is 0 Å². The minimum atomic E-state index is -1.97. The van der Waals surface area contributed by atoms with Crippen LogP contribution >= 0.6 is 16.8 Å². The average molecular weight is 705 g/mol. The first-order valence-electron chi connectivity index (χ1n) is 16.4. The van der Waals surface area contributed by atoms with Crippen molar-refractivity contribution in [3.8, 4) is 34.1 Å². The van der Waals surface area contributed by atoms with Crippen LogP contribution < -0.4 is 18.5 Å². The first-order chi connectivity index (χ1) is 23.2. The molecule has 8 nitrogen and oxygen atoms in total. The number of rotatable bonds is 7. The Labute approximate surface area is 291 Å². The number of hydrogen-bond acceptors (Lipinski definition) is 8. The highest BCUT2D eigenvalue weighted by molar-refractivity contribution is 7.42. The third-order valence-electron chi connectivity index (χ3n) is 8.37. The fourth-order valence-corrected chi connectivity index (χ4v) is 8.17. The highest BCUT2D eigenvalue weighted by atomic mass is 31.2. The molecule has 0 bridgehead atoms. The van der Waals surface area contributed by atoms with E-state index in [1.54, 1.807) is 14.2 Å². The minimum Gasteiger partial charge on any atom is -0.497 e. The number of benzene rings is 4. The monoisotopic (exact) mass is 704 g/mol. The summed E-state index contributed by atoms with van der Waals surface area (Å²) in [5.41, 5.74) is 3.88. The predicted molar refractivity (Wildman–Crippen MR) is 198 cm³/mol. The zero-order chi connectivity index (χ0) is 35.1. The highest BCUT2D eigenvalue weighted by Gasteiger charge is 2.35. The molecule has 0 spiro atoms. The van der Waals surface area contributed by atoms with Crippen LogP contribution in [-0.4, -0.2) is 27.4 Å². The van der Waals surface area contributed by atoms with Crippen molar-refractivity contribution in [1.29, 1.82) is 0 Å². The van der Waals surface area contributed by atoms with Gasteiger partial charge in [0.05, 0.1) is 27.4 Å². The van der Waals surface area contributed by atoms with Crippen molar-refractivity contribution in [2.24, 2.45) is 5.41 Å². The van der Waals surface area contributed by atoms with Gasteiger partial charge < -0.3 is 36.0 Å². The van der Waals surface area contributed by atoms with Gasteiger partial charge in [0.25, 0.3) is 0 Å². The maximum Gasteiger partial charge on any atom is 0.453 e. The second kappa shape index (κ2) is 13.6. The van der Waals surface area contributed by atoms with E-state index in [-0.39, 0.29) is 16.2 Å². The summed E-state index contributed by atoms with van der Waals surface area (Å²) in [5, 5.41) is 1.88. The lowest BCUT2D eigenvalue weighted by molar-refractivity contribution is 0.0425. The summed E-state index contributed by atoms with van der Waals surface area (Å²) < 4.78 is 51.0. The van der Waals surface area contributed by atoms with Gasteiger partial charge in [-0.2, -0.15) is 0 Å². The molecule has 0 aliphatic carbocycles. The Morgan fingerprint density at radius 3 is 1.47 bits per heavy atom.